The van der Waals surface area contributed by atoms with Crippen LogP contribution in [0.1, 0.15) is 15.9 Å². The van der Waals surface area contributed by atoms with Crippen molar-refractivity contribution in [3.63, 3.8) is 0 Å². The van der Waals surface area contributed by atoms with Crippen molar-refractivity contribution in [2.24, 2.45) is 0 Å². The Morgan fingerprint density at radius 1 is 1.20 bits per heavy atom. The summed E-state index contributed by atoms with van der Waals surface area (Å²) in [6.45, 7) is 1.49. The summed E-state index contributed by atoms with van der Waals surface area (Å²) < 4.78 is 32.0. The Morgan fingerprint density at radius 3 is 2.48 bits per heavy atom. The molecular formula is C17H18NO6S-. The number of benzene rings is 2. The summed E-state index contributed by atoms with van der Waals surface area (Å²) in [6.07, 6.45) is -1.11. The first-order valence-electron chi connectivity index (χ1n) is 7.47. The van der Waals surface area contributed by atoms with Gasteiger partial charge in [0.1, 0.15) is 18.5 Å². The first-order valence-corrected chi connectivity index (χ1v) is 8.95. The fourth-order valence-electron chi connectivity index (χ4n) is 2.04. The summed E-state index contributed by atoms with van der Waals surface area (Å²) in [4.78, 5) is 10.6. The van der Waals surface area contributed by atoms with Gasteiger partial charge in [-0.2, -0.15) is 0 Å². The lowest BCUT2D eigenvalue weighted by atomic mass is 10.2. The fourth-order valence-corrected chi connectivity index (χ4v) is 3.31. The van der Waals surface area contributed by atoms with Crippen LogP contribution < -0.4 is 14.6 Å². The minimum absolute atomic E-state index is 0.117. The van der Waals surface area contributed by atoms with E-state index in [1.807, 2.05) is 19.1 Å². The highest BCUT2D eigenvalue weighted by Crippen LogP contribution is 2.15. The third-order valence-electron chi connectivity index (χ3n) is 3.37. The van der Waals surface area contributed by atoms with E-state index < -0.39 is 32.6 Å². The molecule has 2 rings (SSSR count). The van der Waals surface area contributed by atoms with E-state index in [9.17, 15) is 23.4 Å². The third-order valence-corrected chi connectivity index (χ3v) is 4.85. The van der Waals surface area contributed by atoms with Gasteiger partial charge in [0.2, 0.25) is 10.0 Å². The zero-order chi connectivity index (χ0) is 18.4. The van der Waals surface area contributed by atoms with Crippen LogP contribution in [0.3, 0.4) is 0 Å². The van der Waals surface area contributed by atoms with E-state index in [1.165, 1.54) is 12.1 Å². The number of hydrogen-bond donors (Lipinski definition) is 2. The van der Waals surface area contributed by atoms with Crippen LogP contribution in [-0.4, -0.2) is 38.7 Å². The molecule has 134 valence electrons. The summed E-state index contributed by atoms with van der Waals surface area (Å²) in [7, 11) is -4.11. The molecule has 0 spiro atoms. The monoisotopic (exact) mass is 364 g/mol. The first-order chi connectivity index (χ1) is 11.8. The summed E-state index contributed by atoms with van der Waals surface area (Å²) in [6, 6.07) is 12.3. The van der Waals surface area contributed by atoms with Crippen LogP contribution in [0.15, 0.2) is 53.4 Å². The molecule has 2 aromatic rings. The number of aromatic carboxylic acids is 1. The number of hydrogen-bond acceptors (Lipinski definition) is 6. The van der Waals surface area contributed by atoms with E-state index in [0.717, 1.165) is 17.7 Å². The minimum Gasteiger partial charge on any atom is -0.545 e. The van der Waals surface area contributed by atoms with Gasteiger partial charge in [0.05, 0.1) is 10.9 Å². The molecule has 0 aliphatic carbocycles. The van der Waals surface area contributed by atoms with Crippen molar-refractivity contribution in [1.29, 1.82) is 0 Å². The van der Waals surface area contributed by atoms with E-state index in [0.29, 0.717) is 5.75 Å². The highest BCUT2D eigenvalue weighted by Gasteiger charge is 2.20. The number of carbonyl (C=O) groups is 1. The van der Waals surface area contributed by atoms with Crippen LogP contribution in [0.2, 0.25) is 0 Å². The lowest BCUT2D eigenvalue weighted by Crippen LogP contribution is -2.36. The number of aliphatic hydroxyl groups excluding tert-OH is 1. The Kier molecular flexibility index (Phi) is 6.13. The molecule has 0 heterocycles. The molecule has 0 aliphatic rings. The topological polar surface area (TPSA) is 116 Å². The average molecular weight is 364 g/mol. The number of aryl methyl sites for hydroxylation is 1. The van der Waals surface area contributed by atoms with Crippen molar-refractivity contribution < 1.29 is 28.2 Å². The van der Waals surface area contributed by atoms with Crippen LogP contribution in [0.5, 0.6) is 5.75 Å². The van der Waals surface area contributed by atoms with Gasteiger partial charge in [0.15, 0.2) is 0 Å². The first kappa shape index (κ1) is 18.9. The SMILES string of the molecule is Cc1ccc(OC[C@H](O)CNS(=O)(=O)c2ccccc2C(=O)[O-])cc1. The number of nitrogens with one attached hydrogen (secondary N) is 1. The Morgan fingerprint density at radius 2 is 1.84 bits per heavy atom. The third kappa shape index (κ3) is 5.28. The molecule has 0 aliphatic heterocycles. The molecular weight excluding hydrogens is 346 g/mol. The number of aliphatic hydroxyl groups is 1. The normalized spacial score (nSPS) is 12.6. The molecule has 0 unspecified atom stereocenters. The van der Waals surface area contributed by atoms with Gasteiger partial charge in [0.25, 0.3) is 0 Å². The smallest absolute Gasteiger partial charge is 0.241 e. The zero-order valence-electron chi connectivity index (χ0n) is 13.5. The zero-order valence-corrected chi connectivity index (χ0v) is 14.3. The molecule has 1 atom stereocenters. The Bertz CT molecular complexity index is 832. The highest BCUT2D eigenvalue weighted by molar-refractivity contribution is 7.89. The second-order valence-electron chi connectivity index (χ2n) is 5.41. The van der Waals surface area contributed by atoms with Gasteiger partial charge >= 0.3 is 0 Å². The molecule has 0 bridgehead atoms. The van der Waals surface area contributed by atoms with Gasteiger partial charge < -0.3 is 19.7 Å². The molecule has 25 heavy (non-hydrogen) atoms. The second-order valence-corrected chi connectivity index (χ2v) is 7.15. The Labute approximate surface area is 145 Å². The van der Waals surface area contributed by atoms with Crippen molar-refractivity contribution in [1.82, 2.24) is 4.72 Å². The Hall–Kier alpha value is -2.42. The lowest BCUT2D eigenvalue weighted by Gasteiger charge is -2.15. The summed E-state index contributed by atoms with van der Waals surface area (Å²) >= 11 is 0. The summed E-state index contributed by atoms with van der Waals surface area (Å²) in [5, 5.41) is 20.9. The summed E-state index contributed by atoms with van der Waals surface area (Å²) in [5.74, 6) is -1.04. The predicted molar refractivity (Wildman–Crippen MR) is 88.6 cm³/mol. The highest BCUT2D eigenvalue weighted by atomic mass is 32.2. The molecule has 0 amide bonds. The van der Waals surface area contributed by atoms with Crippen molar-refractivity contribution in [2.45, 2.75) is 17.9 Å². The van der Waals surface area contributed by atoms with E-state index in [4.69, 9.17) is 4.74 Å². The maximum absolute atomic E-state index is 12.2. The maximum Gasteiger partial charge on any atom is 0.241 e. The molecule has 0 fully saturated rings. The van der Waals surface area contributed by atoms with Gasteiger partial charge in [-0.1, -0.05) is 35.9 Å². The fraction of sp³-hybridized carbons (Fsp3) is 0.235. The van der Waals surface area contributed by atoms with Crippen molar-refractivity contribution in [3.8, 4) is 5.75 Å². The van der Waals surface area contributed by atoms with E-state index in [2.05, 4.69) is 4.72 Å². The van der Waals surface area contributed by atoms with E-state index in [1.54, 1.807) is 12.1 Å². The van der Waals surface area contributed by atoms with Crippen LogP contribution >= 0.6 is 0 Å². The van der Waals surface area contributed by atoms with Gasteiger partial charge in [0, 0.05) is 12.1 Å². The maximum atomic E-state index is 12.2. The second kappa shape index (κ2) is 8.11. The van der Waals surface area contributed by atoms with Crippen LogP contribution in [0.25, 0.3) is 0 Å². The average Bonchev–Trinajstić information content (AvgIpc) is 2.59. The molecule has 0 saturated heterocycles. The lowest BCUT2D eigenvalue weighted by molar-refractivity contribution is -0.255. The van der Waals surface area contributed by atoms with Gasteiger partial charge in [-0.05, 0) is 25.1 Å². The van der Waals surface area contributed by atoms with Crippen LogP contribution in [0.4, 0.5) is 0 Å². The molecule has 2 N–H and O–H groups in total. The number of carbonyl (C=O) groups excluding carboxylic acids is 1. The number of carboxylic acid groups (broad SMARTS) is 1. The van der Waals surface area contributed by atoms with Gasteiger partial charge in [-0.15, -0.1) is 0 Å². The van der Waals surface area contributed by atoms with Crippen LogP contribution in [-0.2, 0) is 10.0 Å². The number of sulfonamides is 1. The van der Waals surface area contributed by atoms with Crippen molar-refractivity contribution >= 4 is 16.0 Å². The van der Waals surface area contributed by atoms with Gasteiger partial charge in [-0.3, -0.25) is 0 Å². The number of rotatable bonds is 8. The van der Waals surface area contributed by atoms with Crippen molar-refractivity contribution in [3.05, 3.63) is 59.7 Å². The van der Waals surface area contributed by atoms with E-state index >= 15 is 0 Å². The quantitative estimate of drug-likeness (QED) is 0.685. The van der Waals surface area contributed by atoms with Crippen LogP contribution in [0, 0.1) is 6.92 Å². The molecule has 8 heteroatoms. The standard InChI is InChI=1S/C17H19NO6S/c1-12-6-8-14(9-7-12)24-11-13(19)10-18-25(22,23)16-5-3-2-4-15(16)17(20)21/h2-9,13,18-19H,10-11H2,1H3,(H,20,21)/p-1/t13-/m1/s1. The largest absolute Gasteiger partial charge is 0.545 e. The molecule has 7 nitrogen and oxygen atoms in total. The van der Waals surface area contributed by atoms with Crippen molar-refractivity contribution in [2.75, 3.05) is 13.2 Å². The molecule has 0 saturated carbocycles. The van der Waals surface area contributed by atoms with Gasteiger partial charge in [-0.25, -0.2) is 13.1 Å². The Balaban J connectivity index is 1.95. The minimum atomic E-state index is -4.11. The summed E-state index contributed by atoms with van der Waals surface area (Å²) in [5.41, 5.74) is 0.618. The van der Waals surface area contributed by atoms with E-state index in [-0.39, 0.29) is 13.2 Å². The molecule has 0 radical (unpaired) electrons. The number of ether oxygens (including phenoxy) is 1. The predicted octanol–water partition coefficient (Wildman–Crippen LogP) is 0.0767. The molecule has 2 aromatic carbocycles. The number of carboxylic acids is 1. The molecule has 0 aromatic heterocycles.